The summed E-state index contributed by atoms with van der Waals surface area (Å²) in [5, 5.41) is 10.7. The van der Waals surface area contributed by atoms with E-state index in [2.05, 4.69) is 0 Å². The molecule has 1 aliphatic rings. The number of nitrogens with zero attached hydrogens (tertiary/aromatic N) is 1. The van der Waals surface area contributed by atoms with E-state index < -0.39 is 11.6 Å². The molecule has 1 atom stereocenters. The van der Waals surface area contributed by atoms with E-state index >= 15 is 0 Å². The first kappa shape index (κ1) is 24.9. The Morgan fingerprint density at radius 2 is 1.89 bits per heavy atom. The number of ether oxygens (including phenoxy) is 1. The van der Waals surface area contributed by atoms with Crippen LogP contribution >= 0.6 is 11.3 Å². The van der Waals surface area contributed by atoms with Gasteiger partial charge in [0.05, 0.1) is 4.88 Å². The van der Waals surface area contributed by atoms with Crippen molar-refractivity contribution in [2.75, 3.05) is 6.54 Å². The van der Waals surface area contributed by atoms with Gasteiger partial charge < -0.3 is 14.7 Å². The standard InChI is InChI=1S/C28H31NO5S/c1-17(30)25-13-21-11-18(5-10-24(21)35-25)15-29(16-27(33)34-28(2,3)4)26(32)14-20-7-6-19-12-22(31)8-9-23(19)20/h5,8-13,20,31H,6-7,14-16H2,1-4H3. The second-order valence-electron chi connectivity index (χ2n) is 10.2. The summed E-state index contributed by atoms with van der Waals surface area (Å²) in [4.78, 5) is 40.1. The second-order valence-corrected chi connectivity index (χ2v) is 11.3. The number of phenols is 1. The summed E-state index contributed by atoms with van der Waals surface area (Å²) in [6.45, 7) is 7.10. The molecule has 0 aliphatic heterocycles. The summed E-state index contributed by atoms with van der Waals surface area (Å²) in [7, 11) is 0. The molecule has 7 heteroatoms. The molecule has 3 aromatic rings. The number of phenolic OH excluding ortho intramolecular Hbond substituents is 1. The zero-order chi connectivity index (χ0) is 25.3. The number of hydrogen-bond acceptors (Lipinski definition) is 6. The van der Waals surface area contributed by atoms with Crippen molar-refractivity contribution in [1.29, 1.82) is 0 Å². The number of esters is 1. The fourth-order valence-corrected chi connectivity index (χ4v) is 5.53. The van der Waals surface area contributed by atoms with E-state index in [4.69, 9.17) is 4.74 Å². The first-order chi connectivity index (χ1) is 16.5. The third kappa shape index (κ3) is 6.09. The second kappa shape index (κ2) is 9.82. The van der Waals surface area contributed by atoms with Crippen LogP contribution in [0.25, 0.3) is 10.1 Å². The maximum Gasteiger partial charge on any atom is 0.326 e. The minimum absolute atomic E-state index is 0.0274. The molecule has 1 heterocycles. The van der Waals surface area contributed by atoms with Gasteiger partial charge in [-0.3, -0.25) is 14.4 Å². The van der Waals surface area contributed by atoms with Crippen LogP contribution in [0.15, 0.2) is 42.5 Å². The Morgan fingerprint density at radius 1 is 1.11 bits per heavy atom. The minimum Gasteiger partial charge on any atom is -0.508 e. The number of ketones is 1. The number of amides is 1. The molecule has 4 rings (SSSR count). The van der Waals surface area contributed by atoms with Gasteiger partial charge in [-0.05, 0) is 98.9 Å². The highest BCUT2D eigenvalue weighted by molar-refractivity contribution is 7.20. The molecule has 184 valence electrons. The van der Waals surface area contributed by atoms with Crippen LogP contribution in [0, 0.1) is 0 Å². The number of carbonyl (C=O) groups excluding carboxylic acids is 3. The Bertz CT molecular complexity index is 1290. The molecule has 2 aromatic carbocycles. The normalized spacial score (nSPS) is 15.1. The van der Waals surface area contributed by atoms with Gasteiger partial charge in [0, 0.05) is 17.7 Å². The van der Waals surface area contributed by atoms with Gasteiger partial charge in [-0.1, -0.05) is 12.1 Å². The fraction of sp³-hybridized carbons (Fsp3) is 0.393. The minimum atomic E-state index is -0.642. The molecule has 0 bridgehead atoms. The number of rotatable bonds is 7. The smallest absolute Gasteiger partial charge is 0.326 e. The first-order valence-corrected chi connectivity index (χ1v) is 12.6. The SMILES string of the molecule is CC(=O)c1cc2cc(CN(CC(=O)OC(C)(C)C)C(=O)CC3CCc4cc(O)ccc43)ccc2s1. The highest BCUT2D eigenvalue weighted by Gasteiger charge is 2.29. The predicted octanol–water partition coefficient (Wildman–Crippen LogP) is 5.60. The molecule has 1 N–H and O–H groups in total. The lowest BCUT2D eigenvalue weighted by molar-refractivity contribution is -0.159. The van der Waals surface area contributed by atoms with E-state index in [1.165, 1.54) is 11.3 Å². The topological polar surface area (TPSA) is 83.9 Å². The van der Waals surface area contributed by atoms with E-state index in [9.17, 15) is 19.5 Å². The fourth-order valence-electron chi connectivity index (χ4n) is 4.59. The van der Waals surface area contributed by atoms with Crippen molar-refractivity contribution in [3.05, 3.63) is 64.0 Å². The molecule has 0 spiro atoms. The van der Waals surface area contributed by atoms with Crippen molar-refractivity contribution in [1.82, 2.24) is 4.90 Å². The number of carbonyl (C=O) groups is 3. The van der Waals surface area contributed by atoms with E-state index in [1.807, 2.05) is 30.3 Å². The molecular weight excluding hydrogens is 462 g/mol. The third-order valence-electron chi connectivity index (χ3n) is 6.14. The highest BCUT2D eigenvalue weighted by atomic mass is 32.1. The zero-order valence-corrected chi connectivity index (χ0v) is 21.4. The summed E-state index contributed by atoms with van der Waals surface area (Å²) in [6, 6.07) is 13.1. The lowest BCUT2D eigenvalue weighted by Crippen LogP contribution is -2.38. The van der Waals surface area contributed by atoms with Crippen LogP contribution < -0.4 is 0 Å². The number of Topliss-reactive ketones (excluding diaryl/α,β-unsaturated/α-hetero) is 1. The van der Waals surface area contributed by atoms with Crippen molar-refractivity contribution < 1.29 is 24.2 Å². The van der Waals surface area contributed by atoms with Crippen LogP contribution in [0.4, 0.5) is 0 Å². The molecule has 1 amide bonds. The zero-order valence-electron chi connectivity index (χ0n) is 20.6. The quantitative estimate of drug-likeness (QED) is 0.342. The van der Waals surface area contributed by atoms with Gasteiger partial charge in [-0.2, -0.15) is 0 Å². The van der Waals surface area contributed by atoms with Crippen LogP contribution in [0.3, 0.4) is 0 Å². The molecule has 35 heavy (non-hydrogen) atoms. The Labute approximate surface area is 209 Å². The molecule has 1 aliphatic carbocycles. The number of benzene rings is 2. The van der Waals surface area contributed by atoms with Crippen molar-refractivity contribution in [3.63, 3.8) is 0 Å². The third-order valence-corrected chi connectivity index (χ3v) is 7.36. The van der Waals surface area contributed by atoms with E-state index in [1.54, 1.807) is 44.7 Å². The van der Waals surface area contributed by atoms with Gasteiger partial charge in [-0.25, -0.2) is 0 Å². The van der Waals surface area contributed by atoms with E-state index in [0.29, 0.717) is 4.88 Å². The number of aryl methyl sites for hydroxylation is 1. The molecular formula is C28H31NO5S. The average Bonchev–Trinajstić information content (AvgIpc) is 3.35. The average molecular weight is 494 g/mol. The van der Waals surface area contributed by atoms with Crippen LogP contribution in [0.1, 0.15) is 72.8 Å². The summed E-state index contributed by atoms with van der Waals surface area (Å²) in [6.07, 6.45) is 1.94. The van der Waals surface area contributed by atoms with Gasteiger partial charge in [0.25, 0.3) is 0 Å². The summed E-state index contributed by atoms with van der Waals surface area (Å²) in [5.41, 5.74) is 2.41. The Morgan fingerprint density at radius 3 is 2.60 bits per heavy atom. The number of thiophene rings is 1. The van der Waals surface area contributed by atoms with Crippen LogP contribution in [-0.2, 0) is 27.3 Å². The first-order valence-electron chi connectivity index (χ1n) is 11.8. The molecule has 0 fully saturated rings. The molecule has 1 aromatic heterocycles. The van der Waals surface area contributed by atoms with Crippen molar-refractivity contribution in [2.45, 2.75) is 65.0 Å². The molecule has 0 saturated carbocycles. The molecule has 6 nitrogen and oxygen atoms in total. The molecule has 0 radical (unpaired) electrons. The van der Waals surface area contributed by atoms with Crippen LogP contribution in [0.5, 0.6) is 5.75 Å². The summed E-state index contributed by atoms with van der Waals surface area (Å²) in [5.74, 6) is -0.245. The highest BCUT2D eigenvalue weighted by Crippen LogP contribution is 2.37. The van der Waals surface area contributed by atoms with Crippen LogP contribution in [-0.4, -0.2) is 39.8 Å². The van der Waals surface area contributed by atoms with Crippen molar-refractivity contribution in [3.8, 4) is 5.75 Å². The predicted molar refractivity (Wildman–Crippen MR) is 137 cm³/mol. The number of aromatic hydroxyl groups is 1. The summed E-state index contributed by atoms with van der Waals surface area (Å²) < 4.78 is 6.51. The lowest BCUT2D eigenvalue weighted by atomic mass is 9.97. The van der Waals surface area contributed by atoms with E-state index in [-0.39, 0.29) is 42.9 Å². The Balaban J connectivity index is 1.55. The molecule has 0 saturated heterocycles. The van der Waals surface area contributed by atoms with Crippen molar-refractivity contribution in [2.24, 2.45) is 0 Å². The van der Waals surface area contributed by atoms with Gasteiger partial charge in [0.15, 0.2) is 5.78 Å². The lowest BCUT2D eigenvalue weighted by Gasteiger charge is -2.26. The number of fused-ring (bicyclic) bond motifs is 2. The van der Waals surface area contributed by atoms with Gasteiger partial charge in [-0.15, -0.1) is 11.3 Å². The maximum absolute atomic E-state index is 13.5. The van der Waals surface area contributed by atoms with Gasteiger partial charge in [0.2, 0.25) is 5.91 Å². The van der Waals surface area contributed by atoms with Gasteiger partial charge >= 0.3 is 5.97 Å². The maximum atomic E-state index is 13.5. The number of hydrogen-bond donors (Lipinski definition) is 1. The largest absolute Gasteiger partial charge is 0.508 e. The van der Waals surface area contributed by atoms with Crippen LogP contribution in [0.2, 0.25) is 0 Å². The summed E-state index contributed by atoms with van der Waals surface area (Å²) >= 11 is 1.45. The van der Waals surface area contributed by atoms with E-state index in [0.717, 1.165) is 39.6 Å². The van der Waals surface area contributed by atoms with Gasteiger partial charge in [0.1, 0.15) is 17.9 Å². The molecule has 1 unspecified atom stereocenters. The Kier molecular flexibility index (Phi) is 6.99. The van der Waals surface area contributed by atoms with Crippen molar-refractivity contribution >= 4 is 39.1 Å². The monoisotopic (exact) mass is 493 g/mol. The Hall–Kier alpha value is -3.19.